The van der Waals surface area contributed by atoms with Crippen LogP contribution in [0.15, 0.2) is 60.9 Å². The van der Waals surface area contributed by atoms with Gasteiger partial charge in [0.15, 0.2) is 0 Å². The maximum atomic E-state index is 12.7. The second-order valence-electron chi connectivity index (χ2n) is 7.84. The third kappa shape index (κ3) is 2.85. The molecule has 28 heavy (non-hydrogen) atoms. The summed E-state index contributed by atoms with van der Waals surface area (Å²) in [7, 11) is 0. The number of pyridine rings is 1. The van der Waals surface area contributed by atoms with Crippen LogP contribution in [0.4, 0.5) is 4.79 Å². The van der Waals surface area contributed by atoms with Crippen LogP contribution >= 0.6 is 0 Å². The molecule has 2 atom stereocenters. The number of aliphatic hydroxyl groups is 1. The lowest BCUT2D eigenvalue weighted by atomic mass is 9.84. The van der Waals surface area contributed by atoms with Gasteiger partial charge in [-0.25, -0.2) is 9.78 Å². The second kappa shape index (κ2) is 6.63. The number of carbonyl (C=O) groups is 1. The van der Waals surface area contributed by atoms with Gasteiger partial charge in [-0.2, -0.15) is 0 Å². The molecule has 0 spiro atoms. The van der Waals surface area contributed by atoms with E-state index in [0.717, 1.165) is 29.7 Å². The van der Waals surface area contributed by atoms with Crippen molar-refractivity contribution in [3.63, 3.8) is 0 Å². The normalized spacial score (nSPS) is 26.5. The Balaban J connectivity index is 1.34. The summed E-state index contributed by atoms with van der Waals surface area (Å²) in [5.74, 6) is 0. The highest BCUT2D eigenvalue weighted by molar-refractivity contribution is 5.69. The van der Waals surface area contributed by atoms with Gasteiger partial charge < -0.3 is 19.1 Å². The molecule has 0 saturated carbocycles. The molecule has 2 saturated heterocycles. The molecule has 144 valence electrons. The van der Waals surface area contributed by atoms with Crippen LogP contribution in [0.2, 0.25) is 0 Å². The molecule has 5 rings (SSSR count). The smallest absolute Gasteiger partial charge is 0.410 e. The van der Waals surface area contributed by atoms with Crippen molar-refractivity contribution in [1.82, 2.24) is 14.3 Å². The zero-order chi connectivity index (χ0) is 19.1. The largest absolute Gasteiger partial charge is 0.445 e. The zero-order valence-corrected chi connectivity index (χ0v) is 15.6. The molecule has 2 aromatic heterocycles. The summed E-state index contributed by atoms with van der Waals surface area (Å²) in [6.45, 7) is 0.271. The van der Waals surface area contributed by atoms with Crippen molar-refractivity contribution in [2.45, 2.75) is 50.0 Å². The highest BCUT2D eigenvalue weighted by Gasteiger charge is 2.51. The van der Waals surface area contributed by atoms with E-state index in [2.05, 4.69) is 4.98 Å². The van der Waals surface area contributed by atoms with Gasteiger partial charge in [0.05, 0.1) is 11.9 Å². The van der Waals surface area contributed by atoms with E-state index in [1.165, 1.54) is 0 Å². The predicted molar refractivity (Wildman–Crippen MR) is 104 cm³/mol. The summed E-state index contributed by atoms with van der Waals surface area (Å²) in [4.78, 5) is 19.0. The van der Waals surface area contributed by atoms with E-state index in [0.29, 0.717) is 12.8 Å². The molecule has 2 unspecified atom stereocenters. The minimum absolute atomic E-state index is 0.0127. The van der Waals surface area contributed by atoms with Crippen LogP contribution in [0.5, 0.6) is 0 Å². The van der Waals surface area contributed by atoms with Crippen molar-refractivity contribution in [2.24, 2.45) is 0 Å². The van der Waals surface area contributed by atoms with E-state index in [9.17, 15) is 9.90 Å². The molecule has 0 radical (unpaired) electrons. The van der Waals surface area contributed by atoms with E-state index >= 15 is 0 Å². The minimum Gasteiger partial charge on any atom is -0.445 e. The van der Waals surface area contributed by atoms with E-state index < -0.39 is 5.60 Å². The van der Waals surface area contributed by atoms with Crippen molar-refractivity contribution in [3.8, 4) is 0 Å². The minimum atomic E-state index is -0.983. The van der Waals surface area contributed by atoms with Crippen LogP contribution in [0, 0.1) is 0 Å². The Morgan fingerprint density at radius 3 is 2.57 bits per heavy atom. The average molecular weight is 377 g/mol. The number of nitrogens with zero attached hydrogens (tertiary/aromatic N) is 3. The molecule has 2 aliphatic rings. The lowest BCUT2D eigenvalue weighted by molar-refractivity contribution is -0.0569. The van der Waals surface area contributed by atoms with Gasteiger partial charge in [0.2, 0.25) is 0 Å². The number of hydrogen-bond acceptors (Lipinski definition) is 4. The number of imidazole rings is 1. The number of rotatable bonds is 3. The Labute approximate surface area is 163 Å². The monoisotopic (exact) mass is 377 g/mol. The number of aromatic nitrogens is 2. The first-order chi connectivity index (χ1) is 13.6. The summed E-state index contributed by atoms with van der Waals surface area (Å²) in [6.07, 6.45) is 6.21. The topological polar surface area (TPSA) is 67.1 Å². The highest BCUT2D eigenvalue weighted by Crippen LogP contribution is 2.46. The summed E-state index contributed by atoms with van der Waals surface area (Å²) >= 11 is 0. The van der Waals surface area contributed by atoms with Crippen LogP contribution in [0.25, 0.3) is 5.65 Å². The first-order valence-electron chi connectivity index (χ1n) is 9.78. The van der Waals surface area contributed by atoms with Crippen LogP contribution < -0.4 is 0 Å². The standard InChI is InChI=1S/C22H23N3O3/c26-21(28-15-16-6-2-1-3-7-16)25-17-9-10-18(25)13-22(27,12-17)19-14-23-20-8-4-5-11-24(19)20/h1-8,11,14,17-18,27H,9-10,12-13,15H2. The SMILES string of the molecule is O=C(OCc1ccccc1)N1C2CCC1CC(O)(c1cnc3ccccn13)C2. The fraction of sp³-hybridized carbons (Fsp3) is 0.364. The number of carbonyl (C=O) groups excluding carboxylic acids is 1. The number of piperidine rings is 1. The Kier molecular flexibility index (Phi) is 4.09. The van der Waals surface area contributed by atoms with Gasteiger partial charge in [-0.3, -0.25) is 0 Å². The molecule has 1 N–H and O–H groups in total. The third-order valence-electron chi connectivity index (χ3n) is 6.08. The van der Waals surface area contributed by atoms with Crippen LogP contribution in [0.3, 0.4) is 0 Å². The number of fused-ring (bicyclic) bond motifs is 3. The average Bonchev–Trinajstić information content (AvgIpc) is 3.27. The highest BCUT2D eigenvalue weighted by atomic mass is 16.6. The van der Waals surface area contributed by atoms with Gasteiger partial charge in [0.25, 0.3) is 0 Å². The van der Waals surface area contributed by atoms with E-state index in [-0.39, 0.29) is 24.8 Å². The first kappa shape index (κ1) is 17.3. The molecular formula is C22H23N3O3. The van der Waals surface area contributed by atoms with Crippen molar-refractivity contribution < 1.29 is 14.6 Å². The van der Waals surface area contributed by atoms with Crippen molar-refractivity contribution in [1.29, 1.82) is 0 Å². The third-order valence-corrected chi connectivity index (χ3v) is 6.08. The van der Waals surface area contributed by atoms with E-state index in [1.54, 1.807) is 6.20 Å². The molecule has 2 bridgehead atoms. The molecule has 4 heterocycles. The lowest BCUT2D eigenvalue weighted by Gasteiger charge is -2.42. The molecule has 2 fully saturated rings. The number of benzene rings is 1. The molecular weight excluding hydrogens is 354 g/mol. The number of hydrogen-bond donors (Lipinski definition) is 1. The van der Waals surface area contributed by atoms with Crippen LogP contribution in [-0.2, 0) is 16.9 Å². The number of amides is 1. The van der Waals surface area contributed by atoms with Gasteiger partial charge in [-0.05, 0) is 30.5 Å². The van der Waals surface area contributed by atoms with E-state index in [4.69, 9.17) is 4.74 Å². The first-order valence-corrected chi connectivity index (χ1v) is 9.78. The van der Waals surface area contributed by atoms with Crippen molar-refractivity contribution in [3.05, 3.63) is 72.2 Å². The summed E-state index contributed by atoms with van der Waals surface area (Å²) in [5, 5.41) is 11.5. The Bertz CT molecular complexity index is 986. The summed E-state index contributed by atoms with van der Waals surface area (Å²) in [5.41, 5.74) is 1.62. The summed E-state index contributed by atoms with van der Waals surface area (Å²) in [6, 6.07) is 15.5. The molecule has 6 heteroatoms. The molecule has 2 aliphatic heterocycles. The maximum Gasteiger partial charge on any atom is 0.410 e. The lowest BCUT2D eigenvalue weighted by Crippen LogP contribution is -2.52. The molecule has 1 aromatic carbocycles. The molecule has 6 nitrogen and oxygen atoms in total. The zero-order valence-electron chi connectivity index (χ0n) is 15.6. The van der Waals surface area contributed by atoms with Gasteiger partial charge in [-0.1, -0.05) is 36.4 Å². The maximum absolute atomic E-state index is 12.7. The van der Waals surface area contributed by atoms with Crippen molar-refractivity contribution in [2.75, 3.05) is 0 Å². The van der Waals surface area contributed by atoms with Crippen LogP contribution in [0.1, 0.15) is 36.9 Å². The fourth-order valence-corrected chi connectivity index (χ4v) is 4.80. The molecule has 1 amide bonds. The predicted octanol–water partition coefficient (Wildman–Crippen LogP) is 3.49. The second-order valence-corrected chi connectivity index (χ2v) is 7.84. The van der Waals surface area contributed by atoms with Gasteiger partial charge in [0.1, 0.15) is 17.9 Å². The van der Waals surface area contributed by atoms with Crippen LogP contribution in [-0.4, -0.2) is 37.6 Å². The van der Waals surface area contributed by atoms with Gasteiger partial charge in [-0.15, -0.1) is 0 Å². The Morgan fingerprint density at radius 2 is 1.82 bits per heavy atom. The quantitative estimate of drug-likeness (QED) is 0.759. The fourth-order valence-electron chi connectivity index (χ4n) is 4.80. The van der Waals surface area contributed by atoms with Crippen molar-refractivity contribution >= 4 is 11.7 Å². The van der Waals surface area contributed by atoms with Gasteiger partial charge in [0, 0.05) is 31.1 Å². The van der Waals surface area contributed by atoms with E-state index in [1.807, 2.05) is 64.0 Å². The van der Waals surface area contributed by atoms with Gasteiger partial charge >= 0.3 is 6.09 Å². The molecule has 3 aromatic rings. The Hall–Kier alpha value is -2.86. The summed E-state index contributed by atoms with van der Waals surface area (Å²) < 4.78 is 7.51. The Morgan fingerprint density at radius 1 is 1.11 bits per heavy atom. The number of ether oxygens (including phenoxy) is 1. The molecule has 0 aliphatic carbocycles.